The van der Waals surface area contributed by atoms with Gasteiger partial charge in [0.05, 0.1) is 0 Å². The Labute approximate surface area is 180 Å². The molecule has 0 aromatic heterocycles. The summed E-state index contributed by atoms with van der Waals surface area (Å²) in [5.41, 5.74) is 8.33. The van der Waals surface area contributed by atoms with Crippen LogP contribution in [-0.2, 0) is 4.79 Å². The van der Waals surface area contributed by atoms with Gasteiger partial charge in [0.2, 0.25) is 12.7 Å². The molecule has 0 saturated carbocycles. The molecule has 152 valence electrons. The van der Waals surface area contributed by atoms with Gasteiger partial charge in [0, 0.05) is 24.1 Å². The van der Waals surface area contributed by atoms with Crippen LogP contribution >= 0.6 is 12.2 Å². The van der Waals surface area contributed by atoms with Gasteiger partial charge in [-0.15, -0.1) is 0 Å². The van der Waals surface area contributed by atoms with Crippen molar-refractivity contribution in [1.82, 2.24) is 10.9 Å². The second kappa shape index (κ2) is 9.28. The van der Waals surface area contributed by atoms with Crippen LogP contribution in [0.1, 0.15) is 23.5 Å². The number of amides is 1. The Kier molecular flexibility index (Phi) is 6.10. The third-order valence-corrected chi connectivity index (χ3v) is 4.94. The highest BCUT2D eigenvalue weighted by molar-refractivity contribution is 7.80. The van der Waals surface area contributed by atoms with E-state index in [9.17, 15) is 4.79 Å². The van der Waals surface area contributed by atoms with Crippen LogP contribution in [0.2, 0.25) is 0 Å². The molecule has 0 bridgehead atoms. The molecule has 3 N–H and O–H groups in total. The second-order valence-electron chi connectivity index (χ2n) is 6.77. The first-order valence-electron chi connectivity index (χ1n) is 9.54. The highest BCUT2D eigenvalue weighted by Crippen LogP contribution is 2.34. The molecule has 0 fully saturated rings. The molecule has 3 aromatic rings. The van der Waals surface area contributed by atoms with Crippen molar-refractivity contribution in [2.45, 2.75) is 12.3 Å². The number of carbonyl (C=O) groups excluding carboxylic acids is 1. The molecule has 1 aliphatic rings. The van der Waals surface area contributed by atoms with Crippen LogP contribution in [0, 0.1) is 0 Å². The Balaban J connectivity index is 1.35. The number of anilines is 1. The standard InChI is InChI=1S/C23H21N3O3S/c27-22(14-19(16-7-3-1-4-8-16)17-9-5-2-6-10-17)25-26-23(30)24-18-11-12-20-21(13-18)29-15-28-20/h1-13,19H,14-15H2,(H,25,27)(H2,24,26,30). The summed E-state index contributed by atoms with van der Waals surface area (Å²) >= 11 is 5.27. The van der Waals surface area contributed by atoms with E-state index < -0.39 is 0 Å². The highest BCUT2D eigenvalue weighted by atomic mass is 32.1. The molecule has 0 radical (unpaired) electrons. The molecule has 1 amide bonds. The largest absolute Gasteiger partial charge is 0.454 e. The van der Waals surface area contributed by atoms with E-state index in [-0.39, 0.29) is 30.2 Å². The summed E-state index contributed by atoms with van der Waals surface area (Å²) in [6, 6.07) is 25.4. The van der Waals surface area contributed by atoms with Crippen LogP contribution in [0.25, 0.3) is 0 Å². The van der Waals surface area contributed by atoms with Gasteiger partial charge in [0.15, 0.2) is 16.6 Å². The summed E-state index contributed by atoms with van der Waals surface area (Å²) in [4.78, 5) is 12.6. The molecule has 0 aliphatic carbocycles. The molecule has 1 aliphatic heterocycles. The molecule has 1 heterocycles. The normalized spacial score (nSPS) is 11.8. The van der Waals surface area contributed by atoms with E-state index in [1.54, 1.807) is 12.1 Å². The molecule has 0 spiro atoms. The van der Waals surface area contributed by atoms with Crippen LogP contribution in [0.3, 0.4) is 0 Å². The monoisotopic (exact) mass is 419 g/mol. The smallest absolute Gasteiger partial charge is 0.239 e. The SMILES string of the molecule is O=C(CC(c1ccccc1)c1ccccc1)NNC(=S)Nc1ccc2c(c1)OCO2. The van der Waals surface area contributed by atoms with Crippen LogP contribution in [0.5, 0.6) is 11.5 Å². The lowest BCUT2D eigenvalue weighted by atomic mass is 9.88. The third kappa shape index (κ3) is 4.87. The van der Waals surface area contributed by atoms with Crippen LogP contribution in [0.4, 0.5) is 5.69 Å². The van der Waals surface area contributed by atoms with E-state index >= 15 is 0 Å². The zero-order valence-corrected chi connectivity index (χ0v) is 16.9. The second-order valence-corrected chi connectivity index (χ2v) is 7.18. The maximum atomic E-state index is 12.6. The summed E-state index contributed by atoms with van der Waals surface area (Å²) in [5.74, 6) is 1.13. The zero-order chi connectivity index (χ0) is 20.8. The van der Waals surface area contributed by atoms with Gasteiger partial charge in [-0.25, -0.2) is 0 Å². The van der Waals surface area contributed by atoms with Gasteiger partial charge in [-0.1, -0.05) is 60.7 Å². The lowest BCUT2D eigenvalue weighted by Crippen LogP contribution is -2.44. The fourth-order valence-corrected chi connectivity index (χ4v) is 3.47. The molecule has 0 saturated heterocycles. The summed E-state index contributed by atoms with van der Waals surface area (Å²) < 4.78 is 10.6. The Morgan fingerprint density at radius 1 is 0.867 bits per heavy atom. The molecular weight excluding hydrogens is 398 g/mol. The molecular formula is C23H21N3O3S. The summed E-state index contributed by atoms with van der Waals surface area (Å²) in [6.45, 7) is 0.210. The minimum absolute atomic E-state index is 0.0513. The zero-order valence-electron chi connectivity index (χ0n) is 16.1. The number of hydrogen-bond acceptors (Lipinski definition) is 4. The van der Waals surface area contributed by atoms with Gasteiger partial charge < -0.3 is 14.8 Å². The van der Waals surface area contributed by atoms with Gasteiger partial charge in [-0.3, -0.25) is 15.6 Å². The number of carbonyl (C=O) groups is 1. The lowest BCUT2D eigenvalue weighted by molar-refractivity contribution is -0.121. The topological polar surface area (TPSA) is 71.6 Å². The minimum Gasteiger partial charge on any atom is -0.454 e. The van der Waals surface area contributed by atoms with Gasteiger partial charge in [-0.05, 0) is 35.5 Å². The fourth-order valence-electron chi connectivity index (χ4n) is 3.30. The van der Waals surface area contributed by atoms with Crippen molar-refractivity contribution in [3.05, 3.63) is 90.0 Å². The Bertz CT molecular complexity index is 989. The Morgan fingerprint density at radius 3 is 2.17 bits per heavy atom. The predicted octanol–water partition coefficient (Wildman–Crippen LogP) is 3.96. The molecule has 3 aromatic carbocycles. The van der Waals surface area contributed by atoms with E-state index in [2.05, 4.69) is 16.2 Å². The van der Waals surface area contributed by atoms with Gasteiger partial charge in [0.1, 0.15) is 0 Å². The summed E-state index contributed by atoms with van der Waals surface area (Å²) in [5, 5.41) is 3.29. The van der Waals surface area contributed by atoms with Gasteiger partial charge >= 0.3 is 0 Å². The van der Waals surface area contributed by atoms with E-state index in [1.165, 1.54) is 0 Å². The van der Waals surface area contributed by atoms with E-state index in [1.807, 2.05) is 66.7 Å². The molecule has 6 nitrogen and oxygen atoms in total. The lowest BCUT2D eigenvalue weighted by Gasteiger charge is -2.18. The van der Waals surface area contributed by atoms with Crippen molar-refractivity contribution >= 4 is 28.9 Å². The number of rotatable bonds is 5. The van der Waals surface area contributed by atoms with Crippen molar-refractivity contribution in [2.24, 2.45) is 0 Å². The summed E-state index contributed by atoms with van der Waals surface area (Å²) in [6.07, 6.45) is 0.285. The number of hydrazine groups is 1. The first kappa shape index (κ1) is 19.7. The Hall–Kier alpha value is -3.58. The van der Waals surface area contributed by atoms with Crippen LogP contribution in [0.15, 0.2) is 78.9 Å². The van der Waals surface area contributed by atoms with E-state index in [0.29, 0.717) is 11.5 Å². The maximum Gasteiger partial charge on any atom is 0.239 e. The van der Waals surface area contributed by atoms with E-state index in [4.69, 9.17) is 21.7 Å². The van der Waals surface area contributed by atoms with Gasteiger partial charge in [-0.2, -0.15) is 0 Å². The van der Waals surface area contributed by atoms with Crippen molar-refractivity contribution in [1.29, 1.82) is 0 Å². The number of ether oxygens (including phenoxy) is 2. The molecule has 7 heteroatoms. The summed E-state index contributed by atoms with van der Waals surface area (Å²) in [7, 11) is 0. The first-order chi connectivity index (χ1) is 14.7. The number of benzene rings is 3. The van der Waals surface area contributed by atoms with Gasteiger partial charge in [0.25, 0.3) is 0 Å². The first-order valence-corrected chi connectivity index (χ1v) is 9.95. The highest BCUT2D eigenvalue weighted by Gasteiger charge is 2.18. The van der Waals surface area contributed by atoms with Crippen molar-refractivity contribution in [3.8, 4) is 11.5 Å². The van der Waals surface area contributed by atoms with E-state index in [0.717, 1.165) is 16.8 Å². The molecule has 0 atom stereocenters. The number of fused-ring (bicyclic) bond motifs is 1. The average Bonchev–Trinajstić information content (AvgIpc) is 3.25. The fraction of sp³-hybridized carbons (Fsp3) is 0.130. The van der Waals surface area contributed by atoms with Crippen molar-refractivity contribution in [3.63, 3.8) is 0 Å². The quantitative estimate of drug-likeness (QED) is 0.430. The maximum absolute atomic E-state index is 12.6. The molecule has 30 heavy (non-hydrogen) atoms. The Morgan fingerprint density at radius 2 is 1.50 bits per heavy atom. The third-order valence-electron chi connectivity index (χ3n) is 4.74. The number of hydrogen-bond donors (Lipinski definition) is 3. The van der Waals surface area contributed by atoms with Crippen LogP contribution in [-0.4, -0.2) is 17.8 Å². The molecule has 0 unspecified atom stereocenters. The minimum atomic E-state index is -0.164. The molecule has 4 rings (SSSR count). The predicted molar refractivity (Wildman–Crippen MR) is 119 cm³/mol. The van der Waals surface area contributed by atoms with Crippen LogP contribution < -0.4 is 25.6 Å². The van der Waals surface area contributed by atoms with Crippen molar-refractivity contribution in [2.75, 3.05) is 12.1 Å². The number of nitrogens with one attached hydrogen (secondary N) is 3. The van der Waals surface area contributed by atoms with Crippen molar-refractivity contribution < 1.29 is 14.3 Å². The average molecular weight is 420 g/mol. The number of thiocarbonyl (C=S) groups is 1.